The summed E-state index contributed by atoms with van der Waals surface area (Å²) in [6.07, 6.45) is 0.954. The van der Waals surface area contributed by atoms with Crippen molar-refractivity contribution in [2.24, 2.45) is 5.92 Å². The summed E-state index contributed by atoms with van der Waals surface area (Å²) in [6, 6.07) is 3.11. The van der Waals surface area contributed by atoms with Gasteiger partial charge in [0.1, 0.15) is 11.9 Å². The molecule has 2 unspecified atom stereocenters. The fourth-order valence-corrected chi connectivity index (χ4v) is 3.52. The summed E-state index contributed by atoms with van der Waals surface area (Å²) in [5, 5.41) is 10.3. The van der Waals surface area contributed by atoms with Crippen LogP contribution in [0.1, 0.15) is 44.0 Å². The summed E-state index contributed by atoms with van der Waals surface area (Å²) >= 11 is 0. The lowest BCUT2D eigenvalue weighted by molar-refractivity contribution is -0.149. The quantitative estimate of drug-likeness (QED) is 0.913. The highest BCUT2D eigenvalue weighted by Gasteiger charge is 2.40. The molecule has 5 nitrogen and oxygen atoms in total. The minimum absolute atomic E-state index is 0.0922. The van der Waals surface area contributed by atoms with Crippen molar-refractivity contribution in [2.45, 2.75) is 50.2 Å². The minimum Gasteiger partial charge on any atom is -0.467 e. The monoisotopic (exact) mass is 343 g/mol. The molecular formula is C17H23F2NO4. The van der Waals surface area contributed by atoms with Gasteiger partial charge in [-0.2, -0.15) is 0 Å². The summed E-state index contributed by atoms with van der Waals surface area (Å²) in [5.74, 6) is -2.64. The fraction of sp³-hybridized carbons (Fsp3) is 0.706. The molecule has 1 N–H and O–H groups in total. The molecule has 0 radical (unpaired) electrons. The lowest BCUT2D eigenvalue weighted by Crippen LogP contribution is -2.52. The Kier molecular flexibility index (Phi) is 5.20. The normalized spacial score (nSPS) is 26.3. The van der Waals surface area contributed by atoms with Crippen molar-refractivity contribution < 1.29 is 27.8 Å². The van der Waals surface area contributed by atoms with Gasteiger partial charge >= 0.3 is 0 Å². The number of hydrogen-bond acceptors (Lipinski definition) is 4. The highest BCUT2D eigenvalue weighted by molar-refractivity contribution is 5.79. The van der Waals surface area contributed by atoms with Gasteiger partial charge in [-0.15, -0.1) is 0 Å². The zero-order chi connectivity index (χ0) is 17.2. The molecule has 2 fully saturated rings. The summed E-state index contributed by atoms with van der Waals surface area (Å²) in [7, 11) is 0. The average Bonchev–Trinajstić information content (AvgIpc) is 3.09. The molecule has 24 heavy (non-hydrogen) atoms. The van der Waals surface area contributed by atoms with E-state index in [2.05, 4.69) is 0 Å². The Balaban J connectivity index is 1.62. The van der Waals surface area contributed by atoms with Gasteiger partial charge < -0.3 is 19.2 Å². The van der Waals surface area contributed by atoms with Crippen LogP contribution in [0.3, 0.4) is 0 Å². The number of aliphatic hydroxyl groups is 1. The molecule has 1 saturated heterocycles. The van der Waals surface area contributed by atoms with E-state index in [1.165, 1.54) is 6.26 Å². The van der Waals surface area contributed by atoms with Crippen LogP contribution in [0.25, 0.3) is 0 Å². The number of hydrogen-bond donors (Lipinski definition) is 1. The molecule has 0 aromatic carbocycles. The van der Waals surface area contributed by atoms with Crippen LogP contribution in [-0.4, -0.2) is 47.6 Å². The number of nitrogens with zero attached hydrogens (tertiary/aromatic N) is 1. The molecule has 2 atom stereocenters. The van der Waals surface area contributed by atoms with Crippen LogP contribution in [0.4, 0.5) is 8.78 Å². The number of alkyl halides is 2. The van der Waals surface area contributed by atoms with E-state index in [0.717, 1.165) is 0 Å². The van der Waals surface area contributed by atoms with E-state index in [0.29, 0.717) is 31.9 Å². The largest absolute Gasteiger partial charge is 0.467 e. The van der Waals surface area contributed by atoms with Crippen LogP contribution in [-0.2, 0) is 9.53 Å². The van der Waals surface area contributed by atoms with E-state index in [-0.39, 0.29) is 43.6 Å². The first-order valence-corrected chi connectivity index (χ1v) is 8.44. The first kappa shape index (κ1) is 17.4. The number of carbonyl (C=O) groups is 1. The van der Waals surface area contributed by atoms with Crippen molar-refractivity contribution in [3.63, 3.8) is 0 Å². The zero-order valence-electron chi connectivity index (χ0n) is 13.5. The summed E-state index contributed by atoms with van der Waals surface area (Å²) < 4.78 is 37.2. The second-order valence-electron chi connectivity index (χ2n) is 6.66. The van der Waals surface area contributed by atoms with Gasteiger partial charge in [0, 0.05) is 31.7 Å². The lowest BCUT2D eigenvalue weighted by Gasteiger charge is -2.39. The van der Waals surface area contributed by atoms with Gasteiger partial charge in [0.25, 0.3) is 0 Å². The Morgan fingerprint density at radius 1 is 1.42 bits per heavy atom. The number of halogens is 2. The van der Waals surface area contributed by atoms with E-state index >= 15 is 0 Å². The third kappa shape index (κ3) is 3.95. The number of amides is 1. The smallest absolute Gasteiger partial charge is 0.248 e. The molecule has 3 rings (SSSR count). The topological polar surface area (TPSA) is 62.9 Å². The van der Waals surface area contributed by atoms with E-state index in [1.54, 1.807) is 17.0 Å². The molecule has 1 amide bonds. The number of furan rings is 1. The van der Waals surface area contributed by atoms with E-state index in [9.17, 15) is 18.7 Å². The molecule has 1 aliphatic heterocycles. The van der Waals surface area contributed by atoms with E-state index < -0.39 is 12.0 Å². The maximum Gasteiger partial charge on any atom is 0.248 e. The molecule has 2 heterocycles. The first-order chi connectivity index (χ1) is 11.5. The summed E-state index contributed by atoms with van der Waals surface area (Å²) in [5.41, 5.74) is 0. The van der Waals surface area contributed by atoms with Gasteiger partial charge in [-0.25, -0.2) is 8.78 Å². The van der Waals surface area contributed by atoms with Crippen molar-refractivity contribution >= 4 is 5.91 Å². The van der Waals surface area contributed by atoms with E-state index in [4.69, 9.17) is 9.15 Å². The Morgan fingerprint density at radius 3 is 2.83 bits per heavy atom. The van der Waals surface area contributed by atoms with E-state index in [1.807, 2.05) is 0 Å². The molecule has 1 aromatic rings. The van der Waals surface area contributed by atoms with Gasteiger partial charge in [0.15, 0.2) is 0 Å². The first-order valence-electron chi connectivity index (χ1n) is 8.44. The van der Waals surface area contributed by atoms with Gasteiger partial charge in [-0.3, -0.25) is 4.79 Å². The minimum atomic E-state index is -2.64. The van der Waals surface area contributed by atoms with Gasteiger partial charge in [-0.1, -0.05) is 0 Å². The zero-order valence-corrected chi connectivity index (χ0v) is 13.5. The number of ether oxygens (including phenoxy) is 1. The third-order valence-electron chi connectivity index (χ3n) is 4.94. The fourth-order valence-electron chi connectivity index (χ4n) is 3.52. The molecule has 1 aliphatic carbocycles. The van der Waals surface area contributed by atoms with Crippen LogP contribution in [0, 0.1) is 5.92 Å². The Morgan fingerprint density at radius 2 is 2.17 bits per heavy atom. The molecule has 7 heteroatoms. The Bertz CT molecular complexity index is 539. The van der Waals surface area contributed by atoms with Crippen molar-refractivity contribution in [3.8, 4) is 0 Å². The van der Waals surface area contributed by atoms with Crippen molar-refractivity contribution in [1.29, 1.82) is 0 Å². The summed E-state index contributed by atoms with van der Waals surface area (Å²) in [4.78, 5) is 14.5. The Hall–Kier alpha value is -1.47. The molecule has 1 aromatic heterocycles. The molecule has 0 spiro atoms. The van der Waals surface area contributed by atoms with Crippen molar-refractivity contribution in [2.75, 3.05) is 19.8 Å². The van der Waals surface area contributed by atoms with Crippen LogP contribution in [0.5, 0.6) is 0 Å². The number of aliphatic hydroxyl groups excluding tert-OH is 1. The molecule has 1 saturated carbocycles. The predicted octanol–water partition coefficient (Wildman–Crippen LogP) is 2.76. The highest BCUT2D eigenvalue weighted by Crippen LogP contribution is 2.37. The summed E-state index contributed by atoms with van der Waals surface area (Å²) in [6.45, 7) is 1.20. The molecule has 2 aliphatic rings. The highest BCUT2D eigenvalue weighted by atomic mass is 19.3. The van der Waals surface area contributed by atoms with Gasteiger partial charge in [0.2, 0.25) is 11.8 Å². The molecular weight excluding hydrogens is 320 g/mol. The van der Waals surface area contributed by atoms with Gasteiger partial charge in [-0.05, 0) is 25.0 Å². The predicted molar refractivity (Wildman–Crippen MR) is 81.5 cm³/mol. The Labute approximate surface area is 139 Å². The maximum atomic E-state index is 13.3. The van der Waals surface area contributed by atoms with Crippen LogP contribution >= 0.6 is 0 Å². The number of rotatable bonds is 4. The van der Waals surface area contributed by atoms with Gasteiger partial charge in [0.05, 0.1) is 25.5 Å². The van der Waals surface area contributed by atoms with Crippen LogP contribution in [0.2, 0.25) is 0 Å². The standard InChI is InChI=1S/C17H23F2NO4/c18-17(19)5-3-12(4-6-17)16(22)20-7-9-23-11-13(20)10-14(21)15-2-1-8-24-15/h1-2,8,12-14,21H,3-7,9-11H2. The van der Waals surface area contributed by atoms with Crippen LogP contribution < -0.4 is 0 Å². The van der Waals surface area contributed by atoms with Crippen molar-refractivity contribution in [1.82, 2.24) is 4.90 Å². The van der Waals surface area contributed by atoms with Crippen molar-refractivity contribution in [3.05, 3.63) is 24.2 Å². The average molecular weight is 343 g/mol. The third-order valence-corrected chi connectivity index (χ3v) is 4.94. The number of morpholine rings is 1. The molecule has 134 valence electrons. The molecule has 0 bridgehead atoms. The number of carbonyl (C=O) groups excluding carboxylic acids is 1. The maximum absolute atomic E-state index is 13.3. The second-order valence-corrected chi connectivity index (χ2v) is 6.66. The van der Waals surface area contributed by atoms with Crippen LogP contribution in [0.15, 0.2) is 22.8 Å². The SMILES string of the molecule is O=C(C1CCC(F)(F)CC1)N1CCOCC1CC(O)c1ccco1. The second kappa shape index (κ2) is 7.19. The lowest BCUT2D eigenvalue weighted by atomic mass is 9.85.